The third-order valence-corrected chi connectivity index (χ3v) is 4.86. The maximum atomic E-state index is 11.7. The van der Waals surface area contributed by atoms with E-state index in [1.54, 1.807) is 0 Å². The number of amides is 1. The Bertz CT molecular complexity index is 597. The molecule has 1 aromatic carbocycles. The van der Waals surface area contributed by atoms with Crippen LogP contribution >= 0.6 is 22.3 Å². The Hall–Kier alpha value is -0.780. The van der Waals surface area contributed by atoms with Crippen molar-refractivity contribution >= 4 is 42.9 Å². The zero-order valence-corrected chi connectivity index (χ0v) is 12.4. The molecule has 4 nitrogen and oxygen atoms in total. The molecule has 0 saturated heterocycles. The van der Waals surface area contributed by atoms with Gasteiger partial charge in [0.25, 0.3) is 9.05 Å². The minimum absolute atomic E-state index is 0.0869. The van der Waals surface area contributed by atoms with Crippen LogP contribution in [0.25, 0.3) is 0 Å². The van der Waals surface area contributed by atoms with Gasteiger partial charge in [0.1, 0.15) is 0 Å². The van der Waals surface area contributed by atoms with Crippen LogP contribution in [-0.2, 0) is 13.8 Å². The predicted molar refractivity (Wildman–Crippen MR) is 75.1 cm³/mol. The third-order valence-electron chi connectivity index (χ3n) is 3.19. The highest BCUT2D eigenvalue weighted by Crippen LogP contribution is 2.31. The standard InChI is InChI=1S/C12H13Cl2NO3S/c13-10-7-9(19(14,17)18)4-5-11(10)15-12(16)6-8-2-1-3-8/h4-5,7-8H,1-3,6H2,(H,15,16). The molecule has 19 heavy (non-hydrogen) atoms. The van der Waals surface area contributed by atoms with Gasteiger partial charge in [-0.3, -0.25) is 4.79 Å². The number of rotatable bonds is 4. The summed E-state index contributed by atoms with van der Waals surface area (Å²) in [6.07, 6.45) is 3.84. The SMILES string of the molecule is O=C(CC1CCC1)Nc1ccc(S(=O)(=O)Cl)cc1Cl. The van der Waals surface area contributed by atoms with E-state index >= 15 is 0 Å². The zero-order valence-electron chi connectivity index (χ0n) is 10.0. The van der Waals surface area contributed by atoms with Crippen LogP contribution in [0.3, 0.4) is 0 Å². The van der Waals surface area contributed by atoms with E-state index in [1.165, 1.54) is 24.6 Å². The van der Waals surface area contributed by atoms with Crippen LogP contribution in [0.5, 0.6) is 0 Å². The normalized spacial score (nSPS) is 15.9. The molecule has 1 aliphatic carbocycles. The Morgan fingerprint density at radius 2 is 2.05 bits per heavy atom. The van der Waals surface area contributed by atoms with Gasteiger partial charge >= 0.3 is 0 Å². The molecule has 0 atom stereocenters. The molecule has 0 spiro atoms. The molecule has 0 bridgehead atoms. The molecule has 2 rings (SSSR count). The van der Waals surface area contributed by atoms with Crippen molar-refractivity contribution < 1.29 is 13.2 Å². The van der Waals surface area contributed by atoms with E-state index in [9.17, 15) is 13.2 Å². The smallest absolute Gasteiger partial charge is 0.261 e. The second-order valence-electron chi connectivity index (χ2n) is 4.63. The molecule has 7 heteroatoms. The predicted octanol–water partition coefficient (Wildman–Crippen LogP) is 3.40. The fourth-order valence-electron chi connectivity index (χ4n) is 1.91. The molecule has 1 aromatic rings. The lowest BCUT2D eigenvalue weighted by molar-refractivity contribution is -0.117. The highest BCUT2D eigenvalue weighted by molar-refractivity contribution is 8.13. The summed E-state index contributed by atoms with van der Waals surface area (Å²) < 4.78 is 22.3. The summed E-state index contributed by atoms with van der Waals surface area (Å²) in [6, 6.07) is 3.98. The molecule has 1 N–H and O–H groups in total. The van der Waals surface area contributed by atoms with Crippen LogP contribution < -0.4 is 5.32 Å². The van der Waals surface area contributed by atoms with Crippen molar-refractivity contribution in [3.05, 3.63) is 23.2 Å². The highest BCUT2D eigenvalue weighted by atomic mass is 35.7. The van der Waals surface area contributed by atoms with Crippen LogP contribution in [0.1, 0.15) is 25.7 Å². The average molecular weight is 322 g/mol. The molecule has 1 aliphatic rings. The van der Waals surface area contributed by atoms with Gasteiger partial charge in [0.15, 0.2) is 0 Å². The van der Waals surface area contributed by atoms with Gasteiger partial charge in [0, 0.05) is 17.1 Å². The summed E-state index contributed by atoms with van der Waals surface area (Å²) in [4.78, 5) is 11.6. The van der Waals surface area contributed by atoms with E-state index in [2.05, 4.69) is 5.32 Å². The molecule has 0 radical (unpaired) electrons. The van der Waals surface area contributed by atoms with Crippen LogP contribution in [0.15, 0.2) is 23.1 Å². The summed E-state index contributed by atoms with van der Waals surface area (Å²) in [5.74, 6) is 0.356. The summed E-state index contributed by atoms with van der Waals surface area (Å²) in [7, 11) is 1.40. The zero-order chi connectivity index (χ0) is 14.0. The first-order valence-electron chi connectivity index (χ1n) is 5.90. The minimum Gasteiger partial charge on any atom is -0.325 e. The molecule has 0 unspecified atom stereocenters. The molecule has 0 aliphatic heterocycles. The second kappa shape index (κ2) is 5.69. The Labute approximate surface area is 121 Å². The Morgan fingerprint density at radius 3 is 2.53 bits per heavy atom. The summed E-state index contributed by atoms with van der Waals surface area (Å²) in [5, 5.41) is 2.84. The van der Waals surface area contributed by atoms with Gasteiger partial charge in [-0.1, -0.05) is 18.0 Å². The third kappa shape index (κ3) is 3.84. The van der Waals surface area contributed by atoms with E-state index in [1.807, 2.05) is 0 Å². The average Bonchev–Trinajstić information content (AvgIpc) is 2.25. The van der Waals surface area contributed by atoms with Gasteiger partial charge in [-0.15, -0.1) is 0 Å². The monoisotopic (exact) mass is 321 g/mol. The van der Waals surface area contributed by atoms with Crippen LogP contribution in [0.2, 0.25) is 5.02 Å². The Morgan fingerprint density at radius 1 is 1.37 bits per heavy atom. The van der Waals surface area contributed by atoms with Gasteiger partial charge in [-0.2, -0.15) is 0 Å². The van der Waals surface area contributed by atoms with Crippen molar-refractivity contribution in [3.63, 3.8) is 0 Å². The van der Waals surface area contributed by atoms with Gasteiger partial charge in [0.05, 0.1) is 15.6 Å². The van der Waals surface area contributed by atoms with Crippen molar-refractivity contribution in [1.82, 2.24) is 0 Å². The summed E-state index contributed by atoms with van der Waals surface area (Å²) in [6.45, 7) is 0. The minimum atomic E-state index is -3.81. The number of halogens is 2. The number of nitrogens with one attached hydrogen (secondary N) is 1. The van der Waals surface area contributed by atoms with Crippen molar-refractivity contribution in [3.8, 4) is 0 Å². The molecule has 1 saturated carbocycles. The van der Waals surface area contributed by atoms with Gasteiger partial charge in [-0.05, 0) is 37.0 Å². The maximum absolute atomic E-state index is 11.7. The molecule has 1 fully saturated rings. The van der Waals surface area contributed by atoms with Gasteiger partial charge in [-0.25, -0.2) is 8.42 Å². The quantitative estimate of drug-likeness (QED) is 0.864. The fraction of sp³-hybridized carbons (Fsp3) is 0.417. The van der Waals surface area contributed by atoms with Crippen molar-refractivity contribution in [1.29, 1.82) is 0 Å². The van der Waals surface area contributed by atoms with Crippen LogP contribution in [-0.4, -0.2) is 14.3 Å². The van der Waals surface area contributed by atoms with Crippen LogP contribution in [0, 0.1) is 5.92 Å². The van der Waals surface area contributed by atoms with Crippen LogP contribution in [0.4, 0.5) is 5.69 Å². The molecule has 1 amide bonds. The first-order chi connectivity index (χ1) is 8.86. The lowest BCUT2D eigenvalue weighted by atomic mass is 9.83. The first-order valence-corrected chi connectivity index (χ1v) is 8.59. The molecule has 0 heterocycles. The number of anilines is 1. The fourth-order valence-corrected chi connectivity index (χ4v) is 2.98. The lowest BCUT2D eigenvalue weighted by Gasteiger charge is -2.24. The first kappa shape index (κ1) is 14.6. The van der Waals surface area contributed by atoms with Gasteiger partial charge in [0.2, 0.25) is 5.91 Å². The van der Waals surface area contributed by atoms with E-state index in [4.69, 9.17) is 22.3 Å². The number of carbonyl (C=O) groups excluding carboxylic acids is 1. The topological polar surface area (TPSA) is 63.2 Å². The summed E-state index contributed by atoms with van der Waals surface area (Å²) >= 11 is 5.93. The molecular weight excluding hydrogens is 309 g/mol. The van der Waals surface area contributed by atoms with Crippen molar-refractivity contribution in [2.45, 2.75) is 30.6 Å². The molecule has 0 aromatic heterocycles. The van der Waals surface area contributed by atoms with Crippen molar-refractivity contribution in [2.75, 3.05) is 5.32 Å². The van der Waals surface area contributed by atoms with Crippen molar-refractivity contribution in [2.24, 2.45) is 5.92 Å². The number of benzene rings is 1. The summed E-state index contributed by atoms with van der Waals surface area (Å²) in [5.41, 5.74) is 0.398. The van der Waals surface area contributed by atoms with E-state index in [-0.39, 0.29) is 15.8 Å². The number of hydrogen-bond acceptors (Lipinski definition) is 3. The highest BCUT2D eigenvalue weighted by Gasteiger charge is 2.21. The van der Waals surface area contributed by atoms with E-state index in [0.717, 1.165) is 12.8 Å². The Balaban J connectivity index is 2.06. The largest absolute Gasteiger partial charge is 0.325 e. The number of carbonyl (C=O) groups is 1. The maximum Gasteiger partial charge on any atom is 0.261 e. The van der Waals surface area contributed by atoms with E-state index < -0.39 is 9.05 Å². The van der Waals surface area contributed by atoms with Gasteiger partial charge < -0.3 is 5.32 Å². The number of hydrogen-bond donors (Lipinski definition) is 1. The Kier molecular flexibility index (Phi) is 4.38. The lowest BCUT2D eigenvalue weighted by Crippen LogP contribution is -2.21. The molecule has 104 valence electrons. The van der Waals surface area contributed by atoms with E-state index in [0.29, 0.717) is 18.0 Å². The second-order valence-corrected chi connectivity index (χ2v) is 7.60. The molecular formula is C12H13Cl2NO3S.